The Morgan fingerprint density at radius 2 is 2.12 bits per heavy atom. The van der Waals surface area contributed by atoms with Gasteiger partial charge in [0.25, 0.3) is 0 Å². The quantitative estimate of drug-likeness (QED) is 0.792. The molecule has 0 spiro atoms. The topological polar surface area (TPSA) is 15.3 Å². The van der Waals surface area contributed by atoms with Crippen molar-refractivity contribution in [1.29, 1.82) is 0 Å². The maximum Gasteiger partial charge on any atom is 0.00380 e. The van der Waals surface area contributed by atoms with E-state index in [2.05, 4.69) is 24.1 Å². The summed E-state index contributed by atoms with van der Waals surface area (Å²) in [7, 11) is 0. The SMILES string of the molecule is CCC1(CN2CCCNCC(C)C2)CCC1. The van der Waals surface area contributed by atoms with Gasteiger partial charge in [-0.05, 0) is 56.7 Å². The molecule has 1 unspecified atom stereocenters. The standard InChI is InChI=1S/C14H28N2/c1-3-14(6-4-7-14)12-16-9-5-8-15-10-13(2)11-16/h13,15H,3-12H2,1-2H3. The van der Waals surface area contributed by atoms with Crippen LogP contribution in [-0.4, -0.2) is 37.6 Å². The highest BCUT2D eigenvalue weighted by molar-refractivity contribution is 4.89. The molecule has 2 fully saturated rings. The summed E-state index contributed by atoms with van der Waals surface area (Å²) in [5.41, 5.74) is 0.701. The fourth-order valence-corrected chi connectivity index (χ4v) is 3.29. The lowest BCUT2D eigenvalue weighted by molar-refractivity contribution is 0.0524. The smallest absolute Gasteiger partial charge is 0.00380 e. The number of hydrogen-bond acceptors (Lipinski definition) is 2. The van der Waals surface area contributed by atoms with Gasteiger partial charge < -0.3 is 10.2 Å². The maximum atomic E-state index is 3.54. The summed E-state index contributed by atoms with van der Waals surface area (Å²) < 4.78 is 0. The first-order valence-electron chi connectivity index (χ1n) is 7.17. The Labute approximate surface area is 101 Å². The molecule has 0 bridgehead atoms. The van der Waals surface area contributed by atoms with E-state index in [0.717, 1.165) is 5.92 Å². The maximum absolute atomic E-state index is 3.54. The number of nitrogens with one attached hydrogen (secondary N) is 1. The fraction of sp³-hybridized carbons (Fsp3) is 1.00. The van der Waals surface area contributed by atoms with Crippen LogP contribution in [0.5, 0.6) is 0 Å². The molecule has 16 heavy (non-hydrogen) atoms. The van der Waals surface area contributed by atoms with E-state index in [9.17, 15) is 0 Å². The number of rotatable bonds is 3. The van der Waals surface area contributed by atoms with Gasteiger partial charge in [-0.2, -0.15) is 0 Å². The van der Waals surface area contributed by atoms with E-state index in [1.807, 2.05) is 0 Å². The molecule has 2 aliphatic rings. The molecule has 0 radical (unpaired) electrons. The van der Waals surface area contributed by atoms with E-state index >= 15 is 0 Å². The largest absolute Gasteiger partial charge is 0.316 e. The number of nitrogens with zero attached hydrogens (tertiary/aromatic N) is 1. The molecule has 2 nitrogen and oxygen atoms in total. The predicted molar refractivity (Wildman–Crippen MR) is 69.7 cm³/mol. The van der Waals surface area contributed by atoms with E-state index < -0.39 is 0 Å². The summed E-state index contributed by atoms with van der Waals surface area (Å²) in [6, 6.07) is 0. The molecule has 1 N–H and O–H groups in total. The van der Waals surface area contributed by atoms with Crippen molar-refractivity contribution in [2.24, 2.45) is 11.3 Å². The average Bonchev–Trinajstić information content (AvgIpc) is 2.19. The molecule has 1 aliphatic carbocycles. The first-order chi connectivity index (χ1) is 7.74. The van der Waals surface area contributed by atoms with E-state index in [1.165, 1.54) is 64.8 Å². The zero-order chi connectivity index (χ0) is 11.4. The minimum Gasteiger partial charge on any atom is -0.316 e. The molecule has 1 saturated heterocycles. The molecular weight excluding hydrogens is 196 g/mol. The normalized spacial score (nSPS) is 31.5. The van der Waals surface area contributed by atoms with Crippen LogP contribution in [0.1, 0.15) is 46.0 Å². The lowest BCUT2D eigenvalue weighted by atomic mass is 9.66. The van der Waals surface area contributed by atoms with Gasteiger partial charge in [0.05, 0.1) is 0 Å². The van der Waals surface area contributed by atoms with Crippen molar-refractivity contribution in [2.75, 3.05) is 32.7 Å². The average molecular weight is 224 g/mol. The molecule has 1 saturated carbocycles. The van der Waals surface area contributed by atoms with E-state index in [-0.39, 0.29) is 0 Å². The summed E-state index contributed by atoms with van der Waals surface area (Å²) >= 11 is 0. The highest BCUT2D eigenvalue weighted by atomic mass is 15.1. The second-order valence-corrected chi connectivity index (χ2v) is 6.11. The summed E-state index contributed by atoms with van der Waals surface area (Å²) in [5.74, 6) is 0.814. The van der Waals surface area contributed by atoms with E-state index in [0.29, 0.717) is 5.41 Å². The first-order valence-corrected chi connectivity index (χ1v) is 7.17. The molecule has 0 aromatic carbocycles. The van der Waals surface area contributed by atoms with Gasteiger partial charge in [-0.1, -0.05) is 20.3 Å². The van der Waals surface area contributed by atoms with Crippen LogP contribution < -0.4 is 5.32 Å². The van der Waals surface area contributed by atoms with Gasteiger partial charge >= 0.3 is 0 Å². The van der Waals surface area contributed by atoms with Gasteiger partial charge in [0.15, 0.2) is 0 Å². The molecular formula is C14H28N2. The van der Waals surface area contributed by atoms with Gasteiger partial charge in [-0.25, -0.2) is 0 Å². The molecule has 0 aromatic heterocycles. The van der Waals surface area contributed by atoms with Crippen LogP contribution in [0.3, 0.4) is 0 Å². The van der Waals surface area contributed by atoms with Crippen molar-refractivity contribution in [1.82, 2.24) is 10.2 Å². The van der Waals surface area contributed by atoms with E-state index in [1.54, 1.807) is 0 Å². The van der Waals surface area contributed by atoms with Crippen LogP contribution in [0.2, 0.25) is 0 Å². The van der Waals surface area contributed by atoms with Crippen LogP contribution in [0, 0.1) is 11.3 Å². The van der Waals surface area contributed by atoms with Crippen LogP contribution in [0.15, 0.2) is 0 Å². The molecule has 0 amide bonds. The molecule has 1 heterocycles. The highest BCUT2D eigenvalue weighted by Crippen LogP contribution is 2.44. The number of hydrogen-bond donors (Lipinski definition) is 1. The van der Waals surface area contributed by atoms with Crippen LogP contribution >= 0.6 is 0 Å². The summed E-state index contributed by atoms with van der Waals surface area (Å²) in [5, 5.41) is 3.54. The molecule has 2 rings (SSSR count). The third-order valence-corrected chi connectivity index (χ3v) is 4.61. The lowest BCUT2D eigenvalue weighted by Gasteiger charge is -2.45. The third-order valence-electron chi connectivity index (χ3n) is 4.61. The van der Waals surface area contributed by atoms with Crippen LogP contribution in [0.4, 0.5) is 0 Å². The van der Waals surface area contributed by atoms with Crippen molar-refractivity contribution < 1.29 is 0 Å². The minimum atomic E-state index is 0.701. The van der Waals surface area contributed by atoms with Crippen molar-refractivity contribution in [2.45, 2.75) is 46.0 Å². The first kappa shape index (κ1) is 12.4. The summed E-state index contributed by atoms with van der Waals surface area (Å²) in [6.07, 6.45) is 7.14. The second-order valence-electron chi connectivity index (χ2n) is 6.11. The monoisotopic (exact) mass is 224 g/mol. The second kappa shape index (κ2) is 5.50. The van der Waals surface area contributed by atoms with Gasteiger partial charge in [0.1, 0.15) is 0 Å². The highest BCUT2D eigenvalue weighted by Gasteiger charge is 2.36. The molecule has 1 aliphatic heterocycles. The van der Waals surface area contributed by atoms with Crippen molar-refractivity contribution in [3.63, 3.8) is 0 Å². The third kappa shape index (κ3) is 2.98. The van der Waals surface area contributed by atoms with Gasteiger partial charge in [0, 0.05) is 13.1 Å². The molecule has 1 atom stereocenters. The Bertz CT molecular complexity index is 205. The molecule has 2 heteroatoms. The van der Waals surface area contributed by atoms with Crippen molar-refractivity contribution in [3.05, 3.63) is 0 Å². The zero-order valence-electron chi connectivity index (χ0n) is 11.1. The molecule has 94 valence electrons. The van der Waals surface area contributed by atoms with Gasteiger partial charge in [-0.15, -0.1) is 0 Å². The fourth-order valence-electron chi connectivity index (χ4n) is 3.29. The minimum absolute atomic E-state index is 0.701. The summed E-state index contributed by atoms with van der Waals surface area (Å²) in [4.78, 5) is 2.74. The Hall–Kier alpha value is -0.0800. The zero-order valence-corrected chi connectivity index (χ0v) is 11.1. The van der Waals surface area contributed by atoms with Gasteiger partial charge in [0.2, 0.25) is 0 Å². The van der Waals surface area contributed by atoms with Crippen molar-refractivity contribution >= 4 is 0 Å². The molecule has 0 aromatic rings. The Kier molecular flexibility index (Phi) is 4.26. The Morgan fingerprint density at radius 3 is 2.75 bits per heavy atom. The van der Waals surface area contributed by atoms with Crippen molar-refractivity contribution in [3.8, 4) is 0 Å². The predicted octanol–water partition coefficient (Wildman–Crippen LogP) is 2.50. The summed E-state index contributed by atoms with van der Waals surface area (Å²) in [6.45, 7) is 11.1. The Balaban J connectivity index is 1.85. The van der Waals surface area contributed by atoms with Gasteiger partial charge in [-0.3, -0.25) is 0 Å². The van der Waals surface area contributed by atoms with Crippen LogP contribution in [-0.2, 0) is 0 Å². The van der Waals surface area contributed by atoms with E-state index in [4.69, 9.17) is 0 Å². The van der Waals surface area contributed by atoms with Crippen LogP contribution in [0.25, 0.3) is 0 Å². The Morgan fingerprint density at radius 1 is 1.31 bits per heavy atom. The lowest BCUT2D eigenvalue weighted by Crippen LogP contribution is -2.46.